The van der Waals surface area contributed by atoms with E-state index < -0.39 is 0 Å². The highest BCUT2D eigenvalue weighted by molar-refractivity contribution is 5.73. The van der Waals surface area contributed by atoms with E-state index in [2.05, 4.69) is 0 Å². The van der Waals surface area contributed by atoms with Crippen LogP contribution >= 0.6 is 0 Å². The molecule has 2 aliphatic heterocycles. The van der Waals surface area contributed by atoms with Gasteiger partial charge < -0.3 is 9.47 Å². The van der Waals surface area contributed by atoms with E-state index in [1.807, 2.05) is 31.2 Å². The van der Waals surface area contributed by atoms with Crippen LogP contribution in [-0.2, 0) is 14.3 Å². The molecule has 1 aromatic carbocycles. The molecule has 3 heteroatoms. The Balaban J connectivity index is 2.08. The number of benzene rings is 1. The lowest BCUT2D eigenvalue weighted by molar-refractivity contribution is -0.143. The summed E-state index contributed by atoms with van der Waals surface area (Å²) in [5.74, 6) is -0.158. The van der Waals surface area contributed by atoms with E-state index in [4.69, 9.17) is 9.47 Å². The predicted molar refractivity (Wildman–Crippen MR) is 53.2 cm³/mol. The fourth-order valence-electron chi connectivity index (χ4n) is 2.40. The SMILES string of the molecule is C[C@H]1O[C@H]2CC(=O)O[C@@H]2c2ccccc21. The van der Waals surface area contributed by atoms with Crippen LogP contribution in [0.4, 0.5) is 0 Å². The number of carbonyl (C=O) groups excluding carboxylic acids is 1. The minimum absolute atomic E-state index is 0.0527. The van der Waals surface area contributed by atoms with E-state index in [1.54, 1.807) is 0 Å². The van der Waals surface area contributed by atoms with Crippen LogP contribution in [0.2, 0.25) is 0 Å². The molecule has 3 rings (SSSR count). The molecule has 3 nitrogen and oxygen atoms in total. The summed E-state index contributed by atoms with van der Waals surface area (Å²) >= 11 is 0. The molecular formula is C12H12O3. The van der Waals surface area contributed by atoms with Gasteiger partial charge in [0.2, 0.25) is 0 Å². The van der Waals surface area contributed by atoms with Gasteiger partial charge in [-0.05, 0) is 12.5 Å². The van der Waals surface area contributed by atoms with E-state index in [9.17, 15) is 4.79 Å². The lowest BCUT2D eigenvalue weighted by Gasteiger charge is -2.31. The molecule has 2 aliphatic rings. The molecular weight excluding hydrogens is 192 g/mol. The third-order valence-electron chi connectivity index (χ3n) is 3.08. The fourth-order valence-corrected chi connectivity index (χ4v) is 2.40. The number of hydrogen-bond acceptors (Lipinski definition) is 3. The third kappa shape index (κ3) is 1.27. The Morgan fingerprint density at radius 3 is 2.80 bits per heavy atom. The van der Waals surface area contributed by atoms with E-state index in [1.165, 1.54) is 0 Å². The van der Waals surface area contributed by atoms with Gasteiger partial charge in [0.25, 0.3) is 0 Å². The smallest absolute Gasteiger partial charge is 0.309 e. The van der Waals surface area contributed by atoms with Crippen LogP contribution in [0.3, 0.4) is 0 Å². The van der Waals surface area contributed by atoms with Gasteiger partial charge in [0.05, 0.1) is 12.5 Å². The number of carbonyl (C=O) groups is 1. The maximum atomic E-state index is 11.2. The Kier molecular flexibility index (Phi) is 1.83. The van der Waals surface area contributed by atoms with Crippen molar-refractivity contribution in [2.24, 2.45) is 0 Å². The zero-order valence-electron chi connectivity index (χ0n) is 8.47. The number of ether oxygens (including phenoxy) is 2. The average molecular weight is 204 g/mol. The zero-order chi connectivity index (χ0) is 10.4. The second kappa shape index (κ2) is 3.07. The summed E-state index contributed by atoms with van der Waals surface area (Å²) in [5, 5.41) is 0. The van der Waals surface area contributed by atoms with Gasteiger partial charge in [-0.15, -0.1) is 0 Å². The summed E-state index contributed by atoms with van der Waals surface area (Å²) in [7, 11) is 0. The standard InChI is InChI=1S/C12H12O3/c1-7-8-4-2-3-5-9(8)12-10(14-7)6-11(13)15-12/h2-5,7,10,12H,6H2,1H3/t7-,10+,12-/m1/s1. The molecule has 0 spiro atoms. The van der Waals surface area contributed by atoms with Crippen LogP contribution in [0, 0.1) is 0 Å². The second-order valence-corrected chi connectivity index (χ2v) is 4.06. The molecule has 0 aromatic heterocycles. The second-order valence-electron chi connectivity index (χ2n) is 4.06. The Bertz CT molecular complexity index is 413. The number of esters is 1. The van der Waals surface area contributed by atoms with Gasteiger partial charge in [0.15, 0.2) is 6.10 Å². The zero-order valence-corrected chi connectivity index (χ0v) is 8.47. The Morgan fingerprint density at radius 1 is 1.27 bits per heavy atom. The average Bonchev–Trinajstić information content (AvgIpc) is 2.59. The maximum absolute atomic E-state index is 11.2. The Hall–Kier alpha value is -1.35. The molecule has 3 atom stereocenters. The third-order valence-corrected chi connectivity index (χ3v) is 3.08. The van der Waals surface area contributed by atoms with E-state index >= 15 is 0 Å². The molecule has 0 N–H and O–H groups in total. The van der Waals surface area contributed by atoms with Gasteiger partial charge in [0, 0.05) is 5.56 Å². The van der Waals surface area contributed by atoms with Gasteiger partial charge in [-0.2, -0.15) is 0 Å². The van der Waals surface area contributed by atoms with Crippen LogP contribution in [0.15, 0.2) is 24.3 Å². The molecule has 15 heavy (non-hydrogen) atoms. The van der Waals surface area contributed by atoms with Gasteiger partial charge in [-0.1, -0.05) is 24.3 Å². The van der Waals surface area contributed by atoms with Crippen molar-refractivity contribution in [2.45, 2.75) is 31.7 Å². The molecule has 2 heterocycles. The molecule has 0 saturated carbocycles. The highest BCUT2D eigenvalue weighted by Gasteiger charge is 2.42. The van der Waals surface area contributed by atoms with Crippen molar-refractivity contribution in [2.75, 3.05) is 0 Å². The van der Waals surface area contributed by atoms with E-state index in [0.29, 0.717) is 6.42 Å². The first kappa shape index (κ1) is 8.92. The van der Waals surface area contributed by atoms with Crippen LogP contribution in [0.5, 0.6) is 0 Å². The van der Waals surface area contributed by atoms with Crippen molar-refractivity contribution in [3.8, 4) is 0 Å². The van der Waals surface area contributed by atoms with Gasteiger partial charge in [-0.25, -0.2) is 0 Å². The topological polar surface area (TPSA) is 35.5 Å². The first-order chi connectivity index (χ1) is 7.25. The normalized spacial score (nSPS) is 33.1. The summed E-state index contributed by atoms with van der Waals surface area (Å²) in [5.41, 5.74) is 2.24. The molecule has 0 amide bonds. The number of hydrogen-bond donors (Lipinski definition) is 0. The van der Waals surface area contributed by atoms with Gasteiger partial charge >= 0.3 is 5.97 Å². The van der Waals surface area contributed by atoms with Crippen molar-refractivity contribution in [1.82, 2.24) is 0 Å². The highest BCUT2D eigenvalue weighted by atomic mass is 16.6. The van der Waals surface area contributed by atoms with E-state index in [0.717, 1.165) is 11.1 Å². The van der Waals surface area contributed by atoms with Gasteiger partial charge in [0.1, 0.15) is 6.10 Å². The fraction of sp³-hybridized carbons (Fsp3) is 0.417. The van der Waals surface area contributed by atoms with Crippen LogP contribution in [-0.4, -0.2) is 12.1 Å². The first-order valence-corrected chi connectivity index (χ1v) is 5.19. The summed E-state index contributed by atoms with van der Waals surface area (Å²) in [6.07, 6.45) is 0.146. The van der Waals surface area contributed by atoms with Crippen molar-refractivity contribution in [3.63, 3.8) is 0 Å². The monoisotopic (exact) mass is 204 g/mol. The predicted octanol–water partition coefficient (Wildman–Crippen LogP) is 2.13. The maximum Gasteiger partial charge on any atom is 0.309 e. The number of rotatable bonds is 0. The molecule has 1 fully saturated rings. The van der Waals surface area contributed by atoms with Crippen molar-refractivity contribution in [1.29, 1.82) is 0 Å². The van der Waals surface area contributed by atoms with Crippen LogP contribution in [0.1, 0.15) is 36.7 Å². The summed E-state index contributed by atoms with van der Waals surface area (Å²) < 4.78 is 11.0. The minimum Gasteiger partial charge on any atom is -0.455 e. The molecule has 0 radical (unpaired) electrons. The Labute approximate surface area is 88.0 Å². The lowest BCUT2D eigenvalue weighted by atomic mass is 9.92. The lowest BCUT2D eigenvalue weighted by Crippen LogP contribution is -2.26. The molecule has 1 saturated heterocycles. The minimum atomic E-state index is -0.190. The van der Waals surface area contributed by atoms with E-state index in [-0.39, 0.29) is 24.3 Å². The molecule has 0 bridgehead atoms. The largest absolute Gasteiger partial charge is 0.455 e. The van der Waals surface area contributed by atoms with Crippen molar-refractivity contribution in [3.05, 3.63) is 35.4 Å². The number of fused-ring (bicyclic) bond motifs is 3. The van der Waals surface area contributed by atoms with Crippen molar-refractivity contribution < 1.29 is 14.3 Å². The molecule has 78 valence electrons. The quantitative estimate of drug-likeness (QED) is 0.607. The molecule has 0 aliphatic carbocycles. The van der Waals surface area contributed by atoms with Crippen molar-refractivity contribution >= 4 is 5.97 Å². The highest BCUT2D eigenvalue weighted by Crippen LogP contribution is 2.42. The summed E-state index contributed by atoms with van der Waals surface area (Å²) in [6.45, 7) is 2.01. The molecule has 0 unspecified atom stereocenters. The molecule has 1 aromatic rings. The van der Waals surface area contributed by atoms with Crippen LogP contribution < -0.4 is 0 Å². The first-order valence-electron chi connectivity index (χ1n) is 5.19. The Morgan fingerprint density at radius 2 is 2.00 bits per heavy atom. The van der Waals surface area contributed by atoms with Crippen LogP contribution in [0.25, 0.3) is 0 Å². The summed E-state index contributed by atoms with van der Waals surface area (Å²) in [6, 6.07) is 8.00. The van der Waals surface area contributed by atoms with Gasteiger partial charge in [-0.3, -0.25) is 4.79 Å². The summed E-state index contributed by atoms with van der Waals surface area (Å²) in [4.78, 5) is 11.2.